The summed E-state index contributed by atoms with van der Waals surface area (Å²) in [5.41, 5.74) is 2.26. The van der Waals surface area contributed by atoms with Crippen molar-refractivity contribution in [3.05, 3.63) is 94.8 Å². The smallest absolute Gasteiger partial charge is 0.419 e. The minimum atomic E-state index is -4.95. The summed E-state index contributed by atoms with van der Waals surface area (Å²) in [5.74, 6) is -1.66. The number of alkyl carbamates (subject to hydrolysis) is 1. The van der Waals surface area contributed by atoms with E-state index in [2.05, 4.69) is 5.32 Å². The number of hydrogen-bond acceptors (Lipinski definition) is 4. The number of fused-ring (bicyclic) bond motifs is 3. The van der Waals surface area contributed by atoms with E-state index < -0.39 is 42.4 Å². The van der Waals surface area contributed by atoms with Gasteiger partial charge in [-0.3, -0.25) is 0 Å². The van der Waals surface area contributed by atoms with Crippen LogP contribution in [0.4, 0.5) is 22.4 Å². The third kappa shape index (κ3) is 4.76. The van der Waals surface area contributed by atoms with Gasteiger partial charge in [-0.05, 0) is 39.9 Å². The zero-order chi connectivity index (χ0) is 24.5. The monoisotopic (exact) mass is 475 g/mol. The van der Waals surface area contributed by atoms with Crippen molar-refractivity contribution in [3.8, 4) is 11.1 Å². The molecule has 3 N–H and O–H groups in total. The highest BCUT2D eigenvalue weighted by atomic mass is 19.4. The maximum atomic E-state index is 13.4. The molecule has 1 aliphatic rings. The molecule has 3 aromatic carbocycles. The Morgan fingerprint density at radius 3 is 2.15 bits per heavy atom. The molecule has 0 saturated heterocycles. The van der Waals surface area contributed by atoms with Crippen LogP contribution in [0.3, 0.4) is 0 Å². The summed E-state index contributed by atoms with van der Waals surface area (Å²) in [7, 11) is 0. The highest BCUT2D eigenvalue weighted by Crippen LogP contribution is 2.44. The molecule has 0 heterocycles. The second-order valence-electron chi connectivity index (χ2n) is 7.96. The first-order chi connectivity index (χ1) is 16.2. The van der Waals surface area contributed by atoms with E-state index in [9.17, 15) is 32.6 Å². The standard InChI is InChI=1S/C25H21F4NO4/c26-21-10-9-14(11-20(21)25(27,28)29)23(32)22(31)12-30-24(33)34-13-19-17-7-3-1-5-15(17)16-6-2-4-8-18(16)19/h1-11,19,22-23,31-32H,12-13H2,(H,30,33). The van der Waals surface area contributed by atoms with Gasteiger partial charge in [0.1, 0.15) is 24.6 Å². The second-order valence-corrected chi connectivity index (χ2v) is 7.96. The fourth-order valence-electron chi connectivity index (χ4n) is 4.12. The minimum Gasteiger partial charge on any atom is -0.449 e. The zero-order valence-corrected chi connectivity index (χ0v) is 17.7. The first kappa shape index (κ1) is 23.7. The van der Waals surface area contributed by atoms with Crippen molar-refractivity contribution in [2.75, 3.05) is 13.2 Å². The number of halogens is 4. The number of rotatable bonds is 6. The molecule has 0 saturated carbocycles. The lowest BCUT2D eigenvalue weighted by Crippen LogP contribution is -2.36. The maximum absolute atomic E-state index is 13.4. The second kappa shape index (κ2) is 9.44. The summed E-state index contributed by atoms with van der Waals surface area (Å²) in [5, 5.41) is 22.6. The Kier molecular flexibility index (Phi) is 6.58. The molecule has 9 heteroatoms. The van der Waals surface area contributed by atoms with Crippen LogP contribution in [-0.4, -0.2) is 35.6 Å². The van der Waals surface area contributed by atoms with Crippen LogP contribution in [-0.2, 0) is 10.9 Å². The Bertz CT molecular complexity index is 1150. The number of carbonyl (C=O) groups excluding carboxylic acids is 1. The van der Waals surface area contributed by atoms with Crippen molar-refractivity contribution >= 4 is 6.09 Å². The molecule has 0 fully saturated rings. The minimum absolute atomic E-state index is 0.0331. The number of alkyl halides is 3. The lowest BCUT2D eigenvalue weighted by Gasteiger charge is -2.20. The quantitative estimate of drug-likeness (QED) is 0.449. The Hall–Kier alpha value is -3.43. The van der Waals surface area contributed by atoms with Gasteiger partial charge in [0.25, 0.3) is 0 Å². The largest absolute Gasteiger partial charge is 0.449 e. The van der Waals surface area contributed by atoms with E-state index in [4.69, 9.17) is 4.74 Å². The first-order valence-electron chi connectivity index (χ1n) is 10.5. The molecule has 1 amide bonds. The normalized spacial score (nSPS) is 14.8. The number of hydrogen-bond donors (Lipinski definition) is 3. The van der Waals surface area contributed by atoms with Crippen LogP contribution in [0.2, 0.25) is 0 Å². The van der Waals surface area contributed by atoms with Gasteiger partial charge in [-0.1, -0.05) is 54.6 Å². The summed E-state index contributed by atoms with van der Waals surface area (Å²) in [6, 6.07) is 17.5. The van der Waals surface area contributed by atoms with Crippen LogP contribution in [0.25, 0.3) is 11.1 Å². The third-order valence-electron chi connectivity index (χ3n) is 5.80. The maximum Gasteiger partial charge on any atom is 0.419 e. The Morgan fingerprint density at radius 1 is 0.971 bits per heavy atom. The predicted octanol–water partition coefficient (Wildman–Crippen LogP) is 4.78. The summed E-state index contributed by atoms with van der Waals surface area (Å²) in [6.07, 6.45) is -9.24. The van der Waals surface area contributed by atoms with Crippen molar-refractivity contribution in [2.24, 2.45) is 0 Å². The molecule has 5 nitrogen and oxygen atoms in total. The number of amides is 1. The molecule has 0 radical (unpaired) electrons. The first-order valence-corrected chi connectivity index (χ1v) is 10.5. The van der Waals surface area contributed by atoms with Crippen LogP contribution in [0.15, 0.2) is 66.7 Å². The van der Waals surface area contributed by atoms with E-state index in [-0.39, 0.29) is 18.1 Å². The van der Waals surface area contributed by atoms with Gasteiger partial charge in [0.2, 0.25) is 0 Å². The number of aliphatic hydroxyl groups excluding tert-OH is 2. The molecule has 0 bridgehead atoms. The number of benzene rings is 3. The summed E-state index contributed by atoms with van der Waals surface area (Å²) in [6.45, 7) is -0.456. The van der Waals surface area contributed by atoms with Gasteiger partial charge in [-0.25, -0.2) is 9.18 Å². The number of carbonyl (C=O) groups is 1. The van der Waals surface area contributed by atoms with Gasteiger partial charge < -0.3 is 20.3 Å². The highest BCUT2D eigenvalue weighted by molar-refractivity contribution is 5.79. The summed E-state index contributed by atoms with van der Waals surface area (Å²) >= 11 is 0. The van der Waals surface area contributed by atoms with Crippen molar-refractivity contribution in [1.82, 2.24) is 5.32 Å². The van der Waals surface area contributed by atoms with Crippen LogP contribution in [0, 0.1) is 5.82 Å². The van der Waals surface area contributed by atoms with Gasteiger partial charge in [0.05, 0.1) is 5.56 Å². The van der Waals surface area contributed by atoms with E-state index >= 15 is 0 Å². The zero-order valence-electron chi connectivity index (χ0n) is 17.7. The Labute approximate surface area is 192 Å². The van der Waals surface area contributed by atoms with E-state index in [0.29, 0.717) is 12.1 Å². The van der Waals surface area contributed by atoms with Gasteiger partial charge in [0.15, 0.2) is 0 Å². The molecule has 2 atom stereocenters. The van der Waals surface area contributed by atoms with Crippen LogP contribution < -0.4 is 5.32 Å². The van der Waals surface area contributed by atoms with E-state index in [1.54, 1.807) is 0 Å². The molecule has 0 spiro atoms. The van der Waals surface area contributed by atoms with E-state index in [1.165, 1.54) is 0 Å². The molecule has 34 heavy (non-hydrogen) atoms. The van der Waals surface area contributed by atoms with E-state index in [1.807, 2.05) is 48.5 Å². The Morgan fingerprint density at radius 2 is 1.56 bits per heavy atom. The van der Waals surface area contributed by atoms with E-state index in [0.717, 1.165) is 28.3 Å². The molecule has 2 unspecified atom stereocenters. The van der Waals surface area contributed by atoms with Gasteiger partial charge in [-0.15, -0.1) is 0 Å². The Balaban J connectivity index is 1.35. The average molecular weight is 475 g/mol. The van der Waals surface area contributed by atoms with Crippen molar-refractivity contribution in [3.63, 3.8) is 0 Å². The summed E-state index contributed by atoms with van der Waals surface area (Å²) in [4.78, 5) is 12.2. The molecule has 0 aromatic heterocycles. The lowest BCUT2D eigenvalue weighted by molar-refractivity contribution is -0.140. The molecular weight excluding hydrogens is 454 g/mol. The van der Waals surface area contributed by atoms with Crippen LogP contribution in [0.5, 0.6) is 0 Å². The highest BCUT2D eigenvalue weighted by Gasteiger charge is 2.35. The molecule has 1 aliphatic carbocycles. The van der Waals surface area contributed by atoms with Crippen LogP contribution in [0.1, 0.15) is 34.3 Å². The predicted molar refractivity (Wildman–Crippen MR) is 115 cm³/mol. The van der Waals surface area contributed by atoms with Gasteiger partial charge in [0, 0.05) is 12.5 Å². The van der Waals surface area contributed by atoms with Crippen LogP contribution >= 0.6 is 0 Å². The average Bonchev–Trinajstić information content (AvgIpc) is 3.14. The van der Waals surface area contributed by atoms with Gasteiger partial charge >= 0.3 is 12.3 Å². The number of ether oxygens (including phenoxy) is 1. The topological polar surface area (TPSA) is 78.8 Å². The van der Waals surface area contributed by atoms with Crippen molar-refractivity contribution in [1.29, 1.82) is 0 Å². The molecule has 3 aromatic rings. The number of aliphatic hydroxyl groups is 2. The fraction of sp³-hybridized carbons (Fsp3) is 0.240. The van der Waals surface area contributed by atoms with Crippen molar-refractivity contribution < 1.29 is 37.3 Å². The number of nitrogens with one attached hydrogen (secondary N) is 1. The molecule has 0 aliphatic heterocycles. The fourth-order valence-corrected chi connectivity index (χ4v) is 4.12. The SMILES string of the molecule is O=C(NCC(O)C(O)c1ccc(F)c(C(F)(F)F)c1)OCC1c2ccccc2-c2ccccc21. The van der Waals surface area contributed by atoms with Crippen molar-refractivity contribution in [2.45, 2.75) is 24.3 Å². The molecule has 4 rings (SSSR count). The lowest BCUT2D eigenvalue weighted by atomic mass is 9.98. The molecular formula is C25H21F4NO4. The van der Waals surface area contributed by atoms with Gasteiger partial charge in [-0.2, -0.15) is 13.2 Å². The third-order valence-corrected chi connectivity index (χ3v) is 5.80. The summed E-state index contributed by atoms with van der Waals surface area (Å²) < 4.78 is 57.4. The molecule has 178 valence electrons.